The molecule has 1 amide bonds. The lowest BCUT2D eigenvalue weighted by Gasteiger charge is -2.34. The summed E-state index contributed by atoms with van der Waals surface area (Å²) in [6.45, 7) is 7.32. The van der Waals surface area contributed by atoms with Gasteiger partial charge in [0, 0.05) is 43.4 Å². The van der Waals surface area contributed by atoms with Gasteiger partial charge in [0.2, 0.25) is 5.91 Å². The SMILES string of the molecule is CCn1nc(CN2CCCC(NC(=O)C3(c4ccccc4)CC3)C2)c2c1CCOC2. The number of carbonyl (C=O) groups is 1. The van der Waals surface area contributed by atoms with Gasteiger partial charge in [0.25, 0.3) is 0 Å². The first kappa shape index (κ1) is 19.8. The third-order valence-corrected chi connectivity index (χ3v) is 7.00. The summed E-state index contributed by atoms with van der Waals surface area (Å²) < 4.78 is 7.86. The summed E-state index contributed by atoms with van der Waals surface area (Å²) in [4.78, 5) is 15.6. The summed E-state index contributed by atoms with van der Waals surface area (Å²) in [5.74, 6) is 0.210. The second kappa shape index (κ2) is 8.16. The number of aromatic nitrogens is 2. The van der Waals surface area contributed by atoms with Gasteiger partial charge in [0.15, 0.2) is 0 Å². The van der Waals surface area contributed by atoms with Crippen LogP contribution in [0.1, 0.15) is 55.1 Å². The summed E-state index contributed by atoms with van der Waals surface area (Å²) in [6.07, 6.45) is 5.03. The molecule has 3 heterocycles. The van der Waals surface area contributed by atoms with Crippen molar-refractivity contribution in [3.8, 4) is 0 Å². The van der Waals surface area contributed by atoms with Crippen molar-refractivity contribution in [3.63, 3.8) is 0 Å². The Labute approximate surface area is 178 Å². The minimum atomic E-state index is -0.292. The van der Waals surface area contributed by atoms with Crippen LogP contribution < -0.4 is 5.32 Å². The number of carbonyl (C=O) groups excluding carboxylic acids is 1. The van der Waals surface area contributed by atoms with Gasteiger partial charge in [-0.2, -0.15) is 5.10 Å². The smallest absolute Gasteiger partial charge is 0.230 e. The second-order valence-electron chi connectivity index (χ2n) is 8.99. The van der Waals surface area contributed by atoms with Crippen molar-refractivity contribution in [1.29, 1.82) is 0 Å². The van der Waals surface area contributed by atoms with Crippen LogP contribution in [0.15, 0.2) is 30.3 Å². The fourth-order valence-electron chi connectivity index (χ4n) is 5.15. The van der Waals surface area contributed by atoms with E-state index in [1.807, 2.05) is 18.2 Å². The number of likely N-dealkylation sites (tertiary alicyclic amines) is 1. The molecular formula is C24H32N4O2. The summed E-state index contributed by atoms with van der Waals surface area (Å²) in [6, 6.07) is 10.5. The largest absolute Gasteiger partial charge is 0.376 e. The highest BCUT2D eigenvalue weighted by molar-refractivity contribution is 5.91. The molecule has 1 saturated heterocycles. The average molecular weight is 409 g/mol. The monoisotopic (exact) mass is 408 g/mol. The number of hydrogen-bond acceptors (Lipinski definition) is 4. The third kappa shape index (κ3) is 3.67. The zero-order valence-corrected chi connectivity index (χ0v) is 17.9. The van der Waals surface area contributed by atoms with Gasteiger partial charge in [-0.15, -0.1) is 0 Å². The molecule has 1 unspecified atom stereocenters. The van der Waals surface area contributed by atoms with E-state index in [1.54, 1.807) is 0 Å². The molecule has 160 valence electrons. The molecule has 2 fully saturated rings. The molecule has 1 aliphatic carbocycles. The Bertz CT molecular complexity index is 903. The fraction of sp³-hybridized carbons (Fsp3) is 0.583. The van der Waals surface area contributed by atoms with Crippen molar-refractivity contribution in [3.05, 3.63) is 52.8 Å². The van der Waals surface area contributed by atoms with Gasteiger partial charge < -0.3 is 10.1 Å². The molecule has 2 aromatic rings. The van der Waals surface area contributed by atoms with Gasteiger partial charge in [-0.1, -0.05) is 30.3 Å². The standard InChI is InChI=1S/C24H32N4O2/c1-2-28-22-10-14-30-17-20(22)21(26-28)16-27-13-6-9-19(15-27)25-23(29)24(11-12-24)18-7-4-3-5-8-18/h3-5,7-8,19H,2,6,9-17H2,1H3,(H,25,29). The molecule has 0 spiro atoms. The highest BCUT2D eigenvalue weighted by Crippen LogP contribution is 2.48. The maximum Gasteiger partial charge on any atom is 0.230 e. The van der Waals surface area contributed by atoms with Crippen LogP contribution in [-0.4, -0.2) is 46.3 Å². The lowest BCUT2D eigenvalue weighted by Crippen LogP contribution is -2.50. The van der Waals surface area contributed by atoms with E-state index in [0.29, 0.717) is 6.61 Å². The summed E-state index contributed by atoms with van der Waals surface area (Å²) in [5.41, 5.74) is 4.66. The molecule has 3 aliphatic rings. The van der Waals surface area contributed by atoms with Gasteiger partial charge in [-0.05, 0) is 44.7 Å². The molecule has 1 aromatic carbocycles. The molecule has 30 heavy (non-hydrogen) atoms. The molecular weight excluding hydrogens is 376 g/mol. The molecule has 5 rings (SSSR count). The van der Waals surface area contributed by atoms with Crippen molar-refractivity contribution < 1.29 is 9.53 Å². The van der Waals surface area contributed by atoms with Crippen LogP contribution in [0, 0.1) is 0 Å². The maximum absolute atomic E-state index is 13.1. The van der Waals surface area contributed by atoms with E-state index in [0.717, 1.165) is 76.1 Å². The normalized spacial score (nSPS) is 23.0. The van der Waals surface area contributed by atoms with E-state index in [1.165, 1.54) is 11.3 Å². The predicted octanol–water partition coefficient (Wildman–Crippen LogP) is 2.79. The van der Waals surface area contributed by atoms with Crippen molar-refractivity contribution in [1.82, 2.24) is 20.0 Å². The Kier molecular flexibility index (Phi) is 5.37. The van der Waals surface area contributed by atoms with E-state index in [2.05, 4.69) is 34.0 Å². The zero-order valence-electron chi connectivity index (χ0n) is 17.9. The van der Waals surface area contributed by atoms with E-state index in [9.17, 15) is 4.79 Å². The Morgan fingerprint density at radius 2 is 2.13 bits per heavy atom. The topological polar surface area (TPSA) is 59.4 Å². The first-order chi connectivity index (χ1) is 14.7. The van der Waals surface area contributed by atoms with Crippen molar-refractivity contribution in [2.24, 2.45) is 0 Å². The Morgan fingerprint density at radius 3 is 2.90 bits per heavy atom. The number of aryl methyl sites for hydroxylation is 1. The molecule has 1 aromatic heterocycles. The Morgan fingerprint density at radius 1 is 1.30 bits per heavy atom. The maximum atomic E-state index is 13.1. The fourth-order valence-corrected chi connectivity index (χ4v) is 5.15. The predicted molar refractivity (Wildman–Crippen MR) is 115 cm³/mol. The summed E-state index contributed by atoms with van der Waals surface area (Å²) >= 11 is 0. The highest BCUT2D eigenvalue weighted by Gasteiger charge is 2.51. The van der Waals surface area contributed by atoms with Gasteiger partial charge >= 0.3 is 0 Å². The minimum absolute atomic E-state index is 0.210. The number of amides is 1. The van der Waals surface area contributed by atoms with Crippen molar-refractivity contribution in [2.45, 2.75) is 70.2 Å². The molecule has 2 aliphatic heterocycles. The van der Waals surface area contributed by atoms with Crippen LogP contribution in [0.25, 0.3) is 0 Å². The molecule has 6 heteroatoms. The second-order valence-corrected chi connectivity index (χ2v) is 8.99. The quantitative estimate of drug-likeness (QED) is 0.799. The first-order valence-electron chi connectivity index (χ1n) is 11.4. The van der Waals surface area contributed by atoms with Crippen LogP contribution >= 0.6 is 0 Å². The number of hydrogen-bond donors (Lipinski definition) is 1. The number of rotatable bonds is 6. The molecule has 1 N–H and O–H groups in total. The Balaban J connectivity index is 1.24. The third-order valence-electron chi connectivity index (χ3n) is 7.00. The van der Waals surface area contributed by atoms with Crippen molar-refractivity contribution >= 4 is 5.91 Å². The molecule has 1 atom stereocenters. The van der Waals surface area contributed by atoms with Crippen LogP contribution in [-0.2, 0) is 41.1 Å². The van der Waals surface area contributed by atoms with Gasteiger partial charge in [-0.3, -0.25) is 14.4 Å². The number of ether oxygens (including phenoxy) is 1. The van der Waals surface area contributed by atoms with Gasteiger partial charge in [0.05, 0.1) is 24.3 Å². The lowest BCUT2D eigenvalue weighted by molar-refractivity contribution is -0.124. The molecule has 0 radical (unpaired) electrons. The minimum Gasteiger partial charge on any atom is -0.376 e. The van der Waals surface area contributed by atoms with Crippen molar-refractivity contribution in [2.75, 3.05) is 19.7 Å². The average Bonchev–Trinajstić information content (AvgIpc) is 3.53. The highest BCUT2D eigenvalue weighted by atomic mass is 16.5. The number of fused-ring (bicyclic) bond motifs is 1. The zero-order chi connectivity index (χ0) is 20.6. The Hall–Kier alpha value is -2.18. The number of benzene rings is 1. The number of nitrogens with zero attached hydrogens (tertiary/aromatic N) is 3. The summed E-state index contributed by atoms with van der Waals surface area (Å²) in [7, 11) is 0. The molecule has 0 bridgehead atoms. The van der Waals surface area contributed by atoms with E-state index in [4.69, 9.17) is 9.84 Å². The molecule has 6 nitrogen and oxygen atoms in total. The van der Waals surface area contributed by atoms with E-state index < -0.39 is 0 Å². The first-order valence-corrected chi connectivity index (χ1v) is 11.4. The van der Waals surface area contributed by atoms with Crippen LogP contribution in [0.3, 0.4) is 0 Å². The van der Waals surface area contributed by atoms with Gasteiger partial charge in [-0.25, -0.2) is 0 Å². The van der Waals surface area contributed by atoms with E-state index >= 15 is 0 Å². The number of piperidine rings is 1. The van der Waals surface area contributed by atoms with Crippen LogP contribution in [0.2, 0.25) is 0 Å². The summed E-state index contributed by atoms with van der Waals surface area (Å²) in [5, 5.41) is 8.27. The number of nitrogens with one attached hydrogen (secondary N) is 1. The van der Waals surface area contributed by atoms with Crippen LogP contribution in [0.4, 0.5) is 0 Å². The van der Waals surface area contributed by atoms with Crippen LogP contribution in [0.5, 0.6) is 0 Å². The van der Waals surface area contributed by atoms with Gasteiger partial charge in [0.1, 0.15) is 0 Å². The molecule has 1 saturated carbocycles. The van der Waals surface area contributed by atoms with E-state index in [-0.39, 0.29) is 17.4 Å². The lowest BCUT2D eigenvalue weighted by atomic mass is 9.94.